The molecule has 0 unspecified atom stereocenters. The molecule has 0 aliphatic rings. The van der Waals surface area contributed by atoms with Gasteiger partial charge in [-0.05, 0) is 13.0 Å². The second kappa shape index (κ2) is 3.61. The van der Waals surface area contributed by atoms with Gasteiger partial charge in [0.2, 0.25) is 0 Å². The van der Waals surface area contributed by atoms with Crippen LogP contribution < -0.4 is 11.1 Å². The van der Waals surface area contributed by atoms with E-state index in [1.807, 2.05) is 13.0 Å². The van der Waals surface area contributed by atoms with Crippen molar-refractivity contribution < 1.29 is 4.79 Å². The quantitative estimate of drug-likeness (QED) is 0.699. The number of hydrogen-bond acceptors (Lipinski definition) is 3. The van der Waals surface area contributed by atoms with E-state index >= 15 is 0 Å². The van der Waals surface area contributed by atoms with Crippen LogP contribution in [0.2, 0.25) is 0 Å². The number of hydrogen-bond donors (Lipinski definition) is 3. The van der Waals surface area contributed by atoms with Crippen molar-refractivity contribution in [3.8, 4) is 0 Å². The Hall–Kier alpha value is -2.04. The van der Waals surface area contributed by atoms with Crippen LogP contribution in [0.3, 0.4) is 0 Å². The highest BCUT2D eigenvalue weighted by Crippen LogP contribution is 2.24. The Labute approximate surface area is 86.7 Å². The van der Waals surface area contributed by atoms with E-state index in [9.17, 15) is 4.79 Å². The third kappa shape index (κ3) is 1.52. The van der Waals surface area contributed by atoms with Gasteiger partial charge in [-0.2, -0.15) is 0 Å². The summed E-state index contributed by atoms with van der Waals surface area (Å²) >= 11 is 0. The molecule has 5 nitrogen and oxygen atoms in total. The average Bonchev–Trinajstić information content (AvgIpc) is 2.66. The Balaban J connectivity index is 2.69. The fourth-order valence-corrected chi connectivity index (χ4v) is 1.56. The molecule has 0 saturated carbocycles. The van der Waals surface area contributed by atoms with Gasteiger partial charge in [0, 0.05) is 24.3 Å². The second-order valence-corrected chi connectivity index (χ2v) is 3.18. The van der Waals surface area contributed by atoms with Gasteiger partial charge in [-0.25, -0.2) is 4.98 Å². The molecule has 0 radical (unpaired) electrons. The first kappa shape index (κ1) is 9.51. The number of carbonyl (C=O) groups is 1. The lowest BCUT2D eigenvalue weighted by Crippen LogP contribution is -2.15. The van der Waals surface area contributed by atoms with Crippen molar-refractivity contribution in [3.05, 3.63) is 24.0 Å². The van der Waals surface area contributed by atoms with Crippen LogP contribution in [0.15, 0.2) is 18.5 Å². The maximum Gasteiger partial charge on any atom is 0.252 e. The van der Waals surface area contributed by atoms with Crippen molar-refractivity contribution in [2.75, 3.05) is 11.9 Å². The highest BCUT2D eigenvalue weighted by molar-refractivity contribution is 6.05. The molecule has 0 fully saturated rings. The number of nitrogens with two attached hydrogens (primary N) is 1. The molecule has 0 bridgehead atoms. The smallest absolute Gasteiger partial charge is 0.252 e. The monoisotopic (exact) mass is 204 g/mol. The summed E-state index contributed by atoms with van der Waals surface area (Å²) < 4.78 is 0. The fraction of sp³-hybridized carbons (Fsp3) is 0.200. The van der Waals surface area contributed by atoms with Crippen molar-refractivity contribution in [1.82, 2.24) is 9.97 Å². The van der Waals surface area contributed by atoms with Gasteiger partial charge in [-0.3, -0.25) is 4.79 Å². The number of amides is 1. The maximum atomic E-state index is 11.2. The molecule has 0 aliphatic heterocycles. The number of aromatic nitrogens is 2. The summed E-state index contributed by atoms with van der Waals surface area (Å²) in [6, 6.07) is 1.87. The van der Waals surface area contributed by atoms with Gasteiger partial charge in [-0.15, -0.1) is 0 Å². The van der Waals surface area contributed by atoms with Crippen molar-refractivity contribution >= 4 is 22.6 Å². The van der Waals surface area contributed by atoms with Gasteiger partial charge in [0.05, 0.1) is 11.3 Å². The third-order valence-corrected chi connectivity index (χ3v) is 2.21. The molecule has 5 heteroatoms. The second-order valence-electron chi connectivity index (χ2n) is 3.18. The predicted octanol–water partition coefficient (Wildman–Crippen LogP) is 1.09. The first-order valence-corrected chi connectivity index (χ1v) is 4.73. The molecule has 0 spiro atoms. The predicted molar refractivity (Wildman–Crippen MR) is 58.8 cm³/mol. The standard InChI is InChI=1S/C10H12N4O/c1-2-12-8-6-3-4-13-10(6)14-5-7(8)9(11)15/h3-5H,2H2,1H3,(H2,11,15)(H2,12,13,14). The Morgan fingerprint density at radius 2 is 2.47 bits per heavy atom. The van der Waals surface area contributed by atoms with Gasteiger partial charge >= 0.3 is 0 Å². The molecule has 2 aromatic heterocycles. The highest BCUT2D eigenvalue weighted by atomic mass is 16.1. The minimum Gasteiger partial charge on any atom is -0.384 e. The lowest BCUT2D eigenvalue weighted by Gasteiger charge is -2.08. The topological polar surface area (TPSA) is 83.8 Å². The number of H-pyrrole nitrogens is 1. The van der Waals surface area contributed by atoms with Crippen LogP contribution >= 0.6 is 0 Å². The molecule has 4 N–H and O–H groups in total. The maximum absolute atomic E-state index is 11.2. The third-order valence-electron chi connectivity index (χ3n) is 2.21. The van der Waals surface area contributed by atoms with Gasteiger partial charge in [0.15, 0.2) is 0 Å². The number of carbonyl (C=O) groups excluding carboxylic acids is 1. The van der Waals surface area contributed by atoms with E-state index in [-0.39, 0.29) is 0 Å². The minimum atomic E-state index is -0.471. The van der Waals surface area contributed by atoms with Gasteiger partial charge in [0.1, 0.15) is 5.65 Å². The summed E-state index contributed by atoms with van der Waals surface area (Å²) in [6.07, 6.45) is 3.27. The zero-order chi connectivity index (χ0) is 10.8. The molecule has 2 aromatic rings. The lowest BCUT2D eigenvalue weighted by molar-refractivity contribution is 0.100. The summed E-state index contributed by atoms with van der Waals surface area (Å²) in [4.78, 5) is 18.3. The van der Waals surface area contributed by atoms with Crippen molar-refractivity contribution in [2.45, 2.75) is 6.92 Å². The molecule has 78 valence electrons. The highest BCUT2D eigenvalue weighted by Gasteiger charge is 2.12. The lowest BCUT2D eigenvalue weighted by atomic mass is 10.1. The molecule has 15 heavy (non-hydrogen) atoms. The first-order valence-electron chi connectivity index (χ1n) is 4.73. The summed E-state index contributed by atoms with van der Waals surface area (Å²) in [6.45, 7) is 2.69. The van der Waals surface area contributed by atoms with Crippen molar-refractivity contribution in [2.24, 2.45) is 5.73 Å². The van der Waals surface area contributed by atoms with Crippen LogP contribution in [0, 0.1) is 0 Å². The Kier molecular flexibility index (Phi) is 2.29. The SMILES string of the molecule is CCNc1c(C(N)=O)cnc2[nH]ccc12. The van der Waals surface area contributed by atoms with Crippen LogP contribution in [-0.2, 0) is 0 Å². The van der Waals surface area contributed by atoms with E-state index in [1.165, 1.54) is 6.20 Å². The van der Waals surface area contributed by atoms with E-state index in [0.29, 0.717) is 5.56 Å². The number of nitrogens with one attached hydrogen (secondary N) is 2. The molecule has 1 amide bonds. The molecule has 2 heterocycles. The normalized spacial score (nSPS) is 10.5. The molecular formula is C10H12N4O. The summed E-state index contributed by atoms with van der Waals surface area (Å²) in [5.74, 6) is -0.471. The first-order chi connectivity index (χ1) is 7.24. The van der Waals surface area contributed by atoms with Gasteiger partial charge < -0.3 is 16.0 Å². The van der Waals surface area contributed by atoms with E-state index in [2.05, 4.69) is 15.3 Å². The number of nitrogens with zero attached hydrogens (tertiary/aromatic N) is 1. The number of pyridine rings is 1. The van der Waals surface area contributed by atoms with Crippen molar-refractivity contribution in [3.63, 3.8) is 0 Å². The Morgan fingerprint density at radius 1 is 1.67 bits per heavy atom. The van der Waals surface area contributed by atoms with Crippen LogP contribution in [0.25, 0.3) is 11.0 Å². The molecule has 0 aliphatic carbocycles. The molecule has 0 aromatic carbocycles. The Morgan fingerprint density at radius 3 is 3.13 bits per heavy atom. The molecule has 2 rings (SSSR count). The molecule has 0 atom stereocenters. The number of anilines is 1. The van der Waals surface area contributed by atoms with E-state index in [1.54, 1.807) is 6.20 Å². The number of primary amides is 1. The van der Waals surface area contributed by atoms with Crippen LogP contribution in [0.5, 0.6) is 0 Å². The van der Waals surface area contributed by atoms with Crippen LogP contribution in [-0.4, -0.2) is 22.4 Å². The summed E-state index contributed by atoms with van der Waals surface area (Å²) in [7, 11) is 0. The van der Waals surface area contributed by atoms with Crippen molar-refractivity contribution in [1.29, 1.82) is 0 Å². The minimum absolute atomic E-state index is 0.420. The summed E-state index contributed by atoms with van der Waals surface area (Å²) in [5.41, 5.74) is 7.19. The average molecular weight is 204 g/mol. The number of rotatable bonds is 3. The fourth-order valence-electron chi connectivity index (χ4n) is 1.56. The number of aromatic amines is 1. The van der Waals surface area contributed by atoms with Gasteiger partial charge in [0.25, 0.3) is 5.91 Å². The molecule has 0 saturated heterocycles. The van der Waals surface area contributed by atoms with Crippen LogP contribution in [0.1, 0.15) is 17.3 Å². The van der Waals surface area contributed by atoms with Gasteiger partial charge in [-0.1, -0.05) is 0 Å². The largest absolute Gasteiger partial charge is 0.384 e. The summed E-state index contributed by atoms with van der Waals surface area (Å²) in [5, 5.41) is 4.01. The van der Waals surface area contributed by atoms with Crippen LogP contribution in [0.4, 0.5) is 5.69 Å². The Bertz CT molecular complexity index is 503. The van der Waals surface area contributed by atoms with E-state index in [4.69, 9.17) is 5.73 Å². The van der Waals surface area contributed by atoms with E-state index < -0.39 is 5.91 Å². The van der Waals surface area contributed by atoms with E-state index in [0.717, 1.165) is 23.3 Å². The molecular weight excluding hydrogens is 192 g/mol. The zero-order valence-electron chi connectivity index (χ0n) is 8.37. The zero-order valence-corrected chi connectivity index (χ0v) is 8.37. The number of fused-ring (bicyclic) bond motifs is 1.